The van der Waals surface area contributed by atoms with Gasteiger partial charge in [-0.2, -0.15) is 0 Å². The molecule has 0 spiro atoms. The molecular formula is C20H21N3O4. The fourth-order valence-electron chi connectivity index (χ4n) is 3.10. The van der Waals surface area contributed by atoms with Crippen LogP contribution in [0.15, 0.2) is 59.4 Å². The number of aromatic nitrogens is 2. The average Bonchev–Trinajstić information content (AvgIpc) is 2.91. The van der Waals surface area contributed by atoms with Crippen LogP contribution in [0, 0.1) is 5.92 Å². The molecule has 2 N–H and O–H groups in total. The number of carboxylic acid groups (broad SMARTS) is 1. The van der Waals surface area contributed by atoms with Gasteiger partial charge in [0.05, 0.1) is 17.0 Å². The second kappa shape index (κ2) is 7.90. The van der Waals surface area contributed by atoms with E-state index in [1.165, 1.54) is 9.13 Å². The van der Waals surface area contributed by atoms with E-state index in [1.807, 2.05) is 42.5 Å². The number of carbonyl (C=O) groups excluding carboxylic acids is 1. The summed E-state index contributed by atoms with van der Waals surface area (Å²) >= 11 is 0. The summed E-state index contributed by atoms with van der Waals surface area (Å²) in [5, 5.41) is 12.1. The molecule has 7 heteroatoms. The number of para-hydroxylation sites is 2. The molecule has 0 aliphatic carbocycles. The summed E-state index contributed by atoms with van der Waals surface area (Å²) in [7, 11) is 1.65. The van der Waals surface area contributed by atoms with Crippen LogP contribution in [0.3, 0.4) is 0 Å². The molecule has 0 saturated heterocycles. The molecule has 1 aromatic heterocycles. The van der Waals surface area contributed by atoms with E-state index in [9.17, 15) is 19.5 Å². The van der Waals surface area contributed by atoms with Gasteiger partial charge in [-0.05, 0) is 24.1 Å². The number of nitrogens with one attached hydrogen (secondary N) is 1. The topological polar surface area (TPSA) is 93.3 Å². The maximum absolute atomic E-state index is 12.4. The predicted molar refractivity (Wildman–Crippen MR) is 101 cm³/mol. The van der Waals surface area contributed by atoms with Gasteiger partial charge in [0.1, 0.15) is 6.54 Å². The van der Waals surface area contributed by atoms with Gasteiger partial charge in [-0.1, -0.05) is 42.5 Å². The van der Waals surface area contributed by atoms with Gasteiger partial charge in [0.25, 0.3) is 0 Å². The average molecular weight is 367 g/mol. The van der Waals surface area contributed by atoms with E-state index in [2.05, 4.69) is 5.32 Å². The minimum absolute atomic E-state index is 0.00256. The van der Waals surface area contributed by atoms with Crippen LogP contribution in [0.25, 0.3) is 11.0 Å². The number of carbonyl (C=O) groups is 2. The molecule has 0 aliphatic heterocycles. The monoisotopic (exact) mass is 367 g/mol. The van der Waals surface area contributed by atoms with Crippen molar-refractivity contribution in [1.82, 2.24) is 14.5 Å². The Bertz CT molecular complexity index is 1020. The minimum atomic E-state index is -0.971. The Labute approximate surface area is 155 Å². The number of fused-ring (bicyclic) bond motifs is 1. The minimum Gasteiger partial charge on any atom is -0.481 e. The molecule has 27 heavy (non-hydrogen) atoms. The third-order valence-electron chi connectivity index (χ3n) is 4.57. The number of imidazole rings is 1. The molecule has 0 fully saturated rings. The molecule has 0 bridgehead atoms. The third-order valence-corrected chi connectivity index (χ3v) is 4.57. The largest absolute Gasteiger partial charge is 0.481 e. The van der Waals surface area contributed by atoms with Crippen molar-refractivity contribution in [3.8, 4) is 0 Å². The van der Waals surface area contributed by atoms with Gasteiger partial charge in [0.2, 0.25) is 5.91 Å². The molecule has 1 heterocycles. The highest BCUT2D eigenvalue weighted by Crippen LogP contribution is 2.11. The maximum atomic E-state index is 12.4. The lowest BCUT2D eigenvalue weighted by Crippen LogP contribution is -2.37. The molecule has 1 unspecified atom stereocenters. The van der Waals surface area contributed by atoms with Crippen LogP contribution < -0.4 is 11.0 Å². The number of nitrogens with zero attached hydrogens (tertiary/aromatic N) is 2. The fourth-order valence-corrected chi connectivity index (χ4v) is 3.10. The van der Waals surface area contributed by atoms with Crippen molar-refractivity contribution >= 4 is 22.9 Å². The number of aryl methyl sites for hydroxylation is 1. The van der Waals surface area contributed by atoms with Crippen molar-refractivity contribution in [3.05, 3.63) is 70.6 Å². The molecule has 3 aromatic rings. The van der Waals surface area contributed by atoms with E-state index in [4.69, 9.17) is 0 Å². The van der Waals surface area contributed by atoms with Crippen LogP contribution in [0.1, 0.15) is 5.56 Å². The van der Waals surface area contributed by atoms with Crippen LogP contribution in [0.2, 0.25) is 0 Å². The Morgan fingerprint density at radius 2 is 1.67 bits per heavy atom. The Hall–Kier alpha value is -3.35. The predicted octanol–water partition coefficient (Wildman–Crippen LogP) is 1.40. The van der Waals surface area contributed by atoms with E-state index in [-0.39, 0.29) is 18.8 Å². The van der Waals surface area contributed by atoms with Crippen LogP contribution in [0.4, 0.5) is 0 Å². The zero-order valence-corrected chi connectivity index (χ0v) is 15.0. The molecule has 1 atom stereocenters. The molecule has 140 valence electrons. The van der Waals surface area contributed by atoms with Gasteiger partial charge >= 0.3 is 11.7 Å². The van der Waals surface area contributed by atoms with Crippen LogP contribution in [-0.2, 0) is 29.6 Å². The van der Waals surface area contributed by atoms with Crippen LogP contribution in [-0.4, -0.2) is 32.7 Å². The first kappa shape index (κ1) is 18.4. The standard InChI is InChI=1S/C20H21N3O4/c1-22-16-9-5-6-10-17(16)23(20(22)27)13-18(24)21-12-15(19(25)26)11-14-7-3-2-4-8-14/h2-10,15H,11-13H2,1H3,(H,21,24)(H,25,26). The molecule has 1 amide bonds. The number of carboxylic acids is 1. The molecule has 0 radical (unpaired) electrons. The van der Waals surface area contributed by atoms with Crippen molar-refractivity contribution in [1.29, 1.82) is 0 Å². The molecule has 0 aliphatic rings. The van der Waals surface area contributed by atoms with Gasteiger partial charge in [0.15, 0.2) is 0 Å². The van der Waals surface area contributed by atoms with E-state index in [0.717, 1.165) is 11.1 Å². The lowest BCUT2D eigenvalue weighted by Gasteiger charge is -2.14. The Balaban J connectivity index is 1.68. The zero-order valence-electron chi connectivity index (χ0n) is 15.0. The second-order valence-electron chi connectivity index (χ2n) is 6.45. The summed E-state index contributed by atoms with van der Waals surface area (Å²) in [6.45, 7) is -0.152. The van der Waals surface area contributed by atoms with Gasteiger partial charge in [-0.3, -0.25) is 18.7 Å². The summed E-state index contributed by atoms with van der Waals surface area (Å²) in [6, 6.07) is 16.5. The SMILES string of the molecule is Cn1c(=O)n(CC(=O)NCC(Cc2ccccc2)C(=O)O)c2ccccc21. The van der Waals surface area contributed by atoms with Crippen molar-refractivity contribution in [3.63, 3.8) is 0 Å². The summed E-state index contributed by atoms with van der Waals surface area (Å²) in [6.07, 6.45) is 0.324. The third kappa shape index (κ3) is 4.08. The van der Waals surface area contributed by atoms with Crippen LogP contribution >= 0.6 is 0 Å². The normalized spacial score (nSPS) is 12.0. The number of amides is 1. The zero-order chi connectivity index (χ0) is 19.4. The van der Waals surface area contributed by atoms with E-state index >= 15 is 0 Å². The van der Waals surface area contributed by atoms with Crippen molar-refractivity contribution < 1.29 is 14.7 Å². The maximum Gasteiger partial charge on any atom is 0.329 e. The Kier molecular flexibility index (Phi) is 5.40. The lowest BCUT2D eigenvalue weighted by molar-refractivity contribution is -0.141. The summed E-state index contributed by atoms with van der Waals surface area (Å²) in [5.74, 6) is -2.10. The smallest absolute Gasteiger partial charge is 0.329 e. The highest BCUT2D eigenvalue weighted by Gasteiger charge is 2.20. The van der Waals surface area contributed by atoms with Gasteiger partial charge in [-0.15, -0.1) is 0 Å². The highest BCUT2D eigenvalue weighted by atomic mass is 16.4. The second-order valence-corrected chi connectivity index (χ2v) is 6.45. The van der Waals surface area contributed by atoms with Crippen LogP contribution in [0.5, 0.6) is 0 Å². The van der Waals surface area contributed by atoms with Gasteiger partial charge in [-0.25, -0.2) is 4.79 Å². The summed E-state index contributed by atoms with van der Waals surface area (Å²) < 4.78 is 2.87. The van der Waals surface area contributed by atoms with E-state index in [1.54, 1.807) is 19.2 Å². The first-order chi connectivity index (χ1) is 13.0. The Morgan fingerprint density at radius 3 is 2.33 bits per heavy atom. The number of hydrogen-bond acceptors (Lipinski definition) is 3. The van der Waals surface area contributed by atoms with Crippen molar-refractivity contribution in [2.45, 2.75) is 13.0 Å². The molecular weight excluding hydrogens is 346 g/mol. The van der Waals surface area contributed by atoms with Crippen molar-refractivity contribution in [2.75, 3.05) is 6.54 Å². The molecule has 3 rings (SSSR count). The summed E-state index contributed by atoms with van der Waals surface area (Å²) in [4.78, 5) is 36.2. The molecule has 2 aromatic carbocycles. The van der Waals surface area contributed by atoms with Crippen molar-refractivity contribution in [2.24, 2.45) is 13.0 Å². The number of hydrogen-bond donors (Lipinski definition) is 2. The number of rotatable bonds is 7. The quantitative estimate of drug-likeness (QED) is 0.660. The first-order valence-corrected chi connectivity index (χ1v) is 8.65. The van der Waals surface area contributed by atoms with Gasteiger partial charge < -0.3 is 10.4 Å². The number of benzene rings is 2. The number of aliphatic carboxylic acids is 1. The summed E-state index contributed by atoms with van der Waals surface area (Å²) in [5.41, 5.74) is 2.01. The van der Waals surface area contributed by atoms with E-state index in [0.29, 0.717) is 11.9 Å². The van der Waals surface area contributed by atoms with Gasteiger partial charge in [0, 0.05) is 13.6 Å². The fraction of sp³-hybridized carbons (Fsp3) is 0.250. The first-order valence-electron chi connectivity index (χ1n) is 8.65. The Morgan fingerprint density at radius 1 is 1.04 bits per heavy atom. The van der Waals surface area contributed by atoms with E-state index < -0.39 is 17.8 Å². The lowest BCUT2D eigenvalue weighted by atomic mass is 9.99. The molecule has 7 nitrogen and oxygen atoms in total. The highest BCUT2D eigenvalue weighted by molar-refractivity contribution is 5.81. The molecule has 0 saturated carbocycles.